The summed E-state index contributed by atoms with van der Waals surface area (Å²) in [5.41, 5.74) is 7.70. The van der Waals surface area contributed by atoms with Gasteiger partial charge in [0.2, 0.25) is 47.5 Å². The van der Waals surface area contributed by atoms with Crippen molar-refractivity contribution in [3.05, 3.63) is 87.9 Å². The number of carbonyl (C=O) groups excluding carboxylic acids is 13. The normalized spacial score (nSPS) is 16.8. The van der Waals surface area contributed by atoms with Gasteiger partial charge < -0.3 is 85.0 Å². The molecule has 3 aromatic rings. The average Bonchev–Trinajstić information content (AvgIpc) is 1.67. The molecule has 2 aromatic carbocycles. The highest BCUT2D eigenvalue weighted by molar-refractivity contribution is 7.09. The lowest BCUT2D eigenvalue weighted by Gasteiger charge is -2.41. The number of aliphatic hydroxyl groups is 1. The highest BCUT2D eigenvalue weighted by Crippen LogP contribution is 2.36. The Hall–Kier alpha value is -8.70. The first-order valence-corrected chi connectivity index (χ1v) is 45.9. The topological polar surface area (TPSA) is 404 Å². The van der Waals surface area contributed by atoms with Crippen LogP contribution in [-0.2, 0) is 87.6 Å². The number of rotatable bonds is 54. The number of amides is 11. The van der Waals surface area contributed by atoms with Crippen LogP contribution in [0.1, 0.15) is 200 Å². The van der Waals surface area contributed by atoms with E-state index in [-0.39, 0.29) is 178 Å². The fourth-order valence-electron chi connectivity index (χ4n) is 15.9. The number of primary amides is 1. The van der Waals surface area contributed by atoms with Crippen molar-refractivity contribution in [1.82, 2.24) is 55.7 Å². The number of Topliss-reactive ketones (excluding diaryl/α,β-unsaturated/α-hetero) is 3. The van der Waals surface area contributed by atoms with Crippen LogP contribution in [0.15, 0.2) is 66.2 Å². The quantitative estimate of drug-likeness (QED) is 0.0227. The molecule has 1 aromatic heterocycles. The zero-order valence-corrected chi connectivity index (χ0v) is 79.1. The minimum Gasteiger partial charge on any atom is -0.431 e. The second-order valence-electron chi connectivity index (χ2n) is 35.0. The number of nitrogens with zero attached hydrogens (tertiary/aromatic N) is 7. The van der Waals surface area contributed by atoms with Crippen molar-refractivity contribution in [2.75, 3.05) is 147 Å². The van der Waals surface area contributed by atoms with Gasteiger partial charge in [-0.1, -0.05) is 150 Å². The second-order valence-corrected chi connectivity index (χ2v) is 35.9. The van der Waals surface area contributed by atoms with E-state index in [9.17, 15) is 67.4 Å². The number of hydrogen-bond donors (Lipinski definition) is 6. The minimum atomic E-state index is -1.21. The van der Waals surface area contributed by atoms with Crippen molar-refractivity contribution in [1.29, 1.82) is 0 Å². The number of urea groups is 1. The van der Waals surface area contributed by atoms with E-state index in [1.807, 2.05) is 117 Å². The Morgan fingerprint density at radius 2 is 1.29 bits per heavy atom. The molecule has 3 saturated heterocycles. The molecule has 0 saturated carbocycles. The molecule has 32 nitrogen and oxygen atoms in total. The van der Waals surface area contributed by atoms with E-state index in [2.05, 4.69) is 64.1 Å². The number of likely N-dealkylation sites (N-methyl/N-ethyl adjacent to an activating group) is 3. The van der Waals surface area contributed by atoms with E-state index < -0.39 is 66.1 Å². The number of aromatic nitrogens is 1. The Balaban J connectivity index is 0.000000552. The molecule has 3 aliphatic rings. The first kappa shape index (κ1) is 110. The standard InChI is InChI=1S/C58H86N6O9S.C31H54N6O11.C4H10/c1-13-40(7)53(50(72-12)35-51(68)64-26-17-20-47(64)46(36-65)41(8)48(66)33-44(55-59-25-31-74-55)32-42-18-15-14-16-19-42)61(10)56(69)45(37(2)3)34-49(67)52(38(4)5)62(11)58(71)73-54(43-23-21-39(6)22-24-43)57(70)63-29-27-60(9)28-30-63;1-22(2)29(24(38)21-23(30(43)33-3)5-4-10-35-31(32)44)36-26(40)9-13-45-15-17-47-19-20-48-18-16-46-14-11-34-25(39)8-12-37-27(41)6-7-28(37)42;1-4(2)3/h14-16,18-19,21-25,31,37-38,40-41,44-47,50,52-54,65H,13,17,20,26-30,32-36H2,1-12H3;22-23,29H,4-21H2,1-3H3,(H,33,43)(H,34,39)(H,36,40)(H3,32,35,44);4H,1-3H3/t40-,41+,44?,45-,46+,47-,50+,52-,53-,54?;23-,29+;/m01./s1. The van der Waals surface area contributed by atoms with Gasteiger partial charge in [-0.15, -0.1) is 11.3 Å². The minimum absolute atomic E-state index is 0.0238. The summed E-state index contributed by atoms with van der Waals surface area (Å²) in [4.78, 5) is 184. The number of thiazole rings is 1. The lowest BCUT2D eigenvalue weighted by atomic mass is 9.80. The van der Waals surface area contributed by atoms with Gasteiger partial charge in [0.25, 0.3) is 5.91 Å². The molecule has 12 atom stereocenters. The van der Waals surface area contributed by atoms with E-state index >= 15 is 0 Å². The maximum absolute atomic E-state index is 14.9. The van der Waals surface area contributed by atoms with E-state index in [0.29, 0.717) is 123 Å². The molecule has 708 valence electrons. The number of piperazine rings is 1. The van der Waals surface area contributed by atoms with Crippen LogP contribution >= 0.6 is 11.3 Å². The van der Waals surface area contributed by atoms with Gasteiger partial charge in [-0.3, -0.25) is 57.6 Å². The molecule has 7 N–H and O–H groups in total. The summed E-state index contributed by atoms with van der Waals surface area (Å²) in [7, 11) is 8.26. The first-order valence-electron chi connectivity index (χ1n) is 45.0. The second kappa shape index (κ2) is 58.7. The number of hydrogen-bond acceptors (Lipinski definition) is 23. The van der Waals surface area contributed by atoms with Crippen LogP contribution in [-0.4, -0.2) is 294 Å². The van der Waals surface area contributed by atoms with Crippen LogP contribution < -0.4 is 27.0 Å². The molecule has 33 heteroatoms. The molecule has 126 heavy (non-hydrogen) atoms. The van der Waals surface area contributed by atoms with E-state index in [1.165, 1.54) is 30.3 Å². The monoisotopic (exact) mass is 1790 g/mol. The fraction of sp³-hybridized carbons (Fsp3) is 0.699. The van der Waals surface area contributed by atoms with Gasteiger partial charge in [0.15, 0.2) is 11.6 Å². The van der Waals surface area contributed by atoms with Crippen molar-refractivity contribution in [3.63, 3.8) is 0 Å². The number of methoxy groups -OCH3 is 1. The van der Waals surface area contributed by atoms with Gasteiger partial charge in [0.05, 0.1) is 88.5 Å². The largest absolute Gasteiger partial charge is 0.431 e. The zero-order chi connectivity index (χ0) is 93.7. The SMILES string of the molecule is CC(C)C.CC[C@H](C)[C@@H]([C@@H](CC(=O)N1CCC[C@H]1[C@H](CO)[C@@H](C)C(=O)CC(Cc1ccccc1)c1nccs1)OC)N(C)C(=O)[C@@H](CC(=O)[C@H](C(C)C)N(C)C(=O)OC(C(=O)N1CCN(C)CC1)c1ccc(C)cc1)C(C)C.CNC(=O)[C@H](CCCNC(N)=O)CC(=O)[C@@H](NC(=O)CCOCCOCCOCCOCCNC(=O)CCN1C(=O)CCC1=O)C(C)C. The predicted molar refractivity (Wildman–Crippen MR) is 482 cm³/mol. The summed E-state index contributed by atoms with van der Waals surface area (Å²) < 4.78 is 33.9. The summed E-state index contributed by atoms with van der Waals surface area (Å²) >= 11 is 1.53. The van der Waals surface area contributed by atoms with Crippen LogP contribution in [0.2, 0.25) is 0 Å². The maximum atomic E-state index is 14.9. The van der Waals surface area contributed by atoms with Gasteiger partial charge in [0.1, 0.15) is 5.78 Å². The Bertz CT molecular complexity index is 3790. The number of benzene rings is 2. The number of nitrogens with two attached hydrogens (primary N) is 1. The van der Waals surface area contributed by atoms with Gasteiger partial charge in [-0.2, -0.15) is 0 Å². The molecule has 2 unspecified atom stereocenters. The average molecular weight is 1790 g/mol. The first-order chi connectivity index (χ1) is 59.9. The van der Waals surface area contributed by atoms with Crippen LogP contribution in [0.25, 0.3) is 0 Å². The third-order valence-corrected chi connectivity index (χ3v) is 24.2. The van der Waals surface area contributed by atoms with Crippen molar-refractivity contribution in [3.8, 4) is 0 Å². The maximum Gasteiger partial charge on any atom is 0.411 e. The van der Waals surface area contributed by atoms with Crippen LogP contribution in [0.5, 0.6) is 0 Å². The number of likely N-dealkylation sites (tertiary alicyclic amines) is 2. The number of imide groups is 1. The van der Waals surface area contributed by atoms with Crippen molar-refractivity contribution < 1.29 is 95.9 Å². The van der Waals surface area contributed by atoms with E-state index in [4.69, 9.17) is 34.2 Å². The van der Waals surface area contributed by atoms with Crippen molar-refractivity contribution in [2.45, 2.75) is 222 Å². The highest BCUT2D eigenvalue weighted by atomic mass is 32.1. The molecule has 3 fully saturated rings. The van der Waals surface area contributed by atoms with Crippen LogP contribution in [0.4, 0.5) is 9.59 Å². The summed E-state index contributed by atoms with van der Waals surface area (Å²) in [5.74, 6) is -5.20. The number of aryl methyl sites for hydroxylation is 1. The summed E-state index contributed by atoms with van der Waals surface area (Å²) in [6, 6.07) is 14.1. The molecule has 0 radical (unpaired) electrons. The molecule has 4 heterocycles. The highest BCUT2D eigenvalue weighted by Gasteiger charge is 2.45. The summed E-state index contributed by atoms with van der Waals surface area (Å²) in [5, 5.41) is 24.2. The van der Waals surface area contributed by atoms with Crippen molar-refractivity contribution in [2.24, 2.45) is 59.0 Å². The number of ketones is 3. The van der Waals surface area contributed by atoms with E-state index in [0.717, 1.165) is 33.4 Å². The number of nitrogens with one attached hydrogen (secondary N) is 4. The van der Waals surface area contributed by atoms with Gasteiger partial charge in [-0.05, 0) is 81.2 Å². The van der Waals surface area contributed by atoms with Gasteiger partial charge in [0, 0.05) is 185 Å². The molecule has 0 spiro atoms. The van der Waals surface area contributed by atoms with Crippen LogP contribution in [0.3, 0.4) is 0 Å². The van der Waals surface area contributed by atoms with Crippen LogP contribution in [0, 0.1) is 60.2 Å². The Kier molecular flexibility index (Phi) is 51.1. The van der Waals surface area contributed by atoms with Gasteiger partial charge >= 0.3 is 12.1 Å². The third kappa shape index (κ3) is 37.9. The Morgan fingerprint density at radius 3 is 1.83 bits per heavy atom. The number of carbonyl (C=O) groups is 13. The lowest BCUT2D eigenvalue weighted by molar-refractivity contribution is -0.148. The molecule has 0 aliphatic carbocycles. The molecule has 6 rings (SSSR count). The molecular formula is C93H150N12O20S. The van der Waals surface area contributed by atoms with Gasteiger partial charge in [-0.25, -0.2) is 14.6 Å². The fourth-order valence-corrected chi connectivity index (χ4v) is 16.6. The third-order valence-electron chi connectivity index (χ3n) is 23.3. The zero-order valence-electron chi connectivity index (χ0n) is 78.3. The summed E-state index contributed by atoms with van der Waals surface area (Å²) in [6.45, 7) is 31.2. The Labute approximate surface area is 752 Å². The van der Waals surface area contributed by atoms with E-state index in [1.54, 1.807) is 42.3 Å². The molecular weight excluding hydrogens is 1640 g/mol. The summed E-state index contributed by atoms with van der Waals surface area (Å²) in [6.07, 6.45) is 3.16. The molecule has 3 aliphatic heterocycles. The number of aliphatic hydroxyl groups excluding tert-OH is 1. The molecule has 11 amide bonds. The molecule has 0 bridgehead atoms. The smallest absolute Gasteiger partial charge is 0.411 e. The lowest BCUT2D eigenvalue weighted by Crippen LogP contribution is -2.54. The van der Waals surface area contributed by atoms with Crippen molar-refractivity contribution >= 4 is 88.1 Å². The Morgan fingerprint density at radius 1 is 0.683 bits per heavy atom. The predicted octanol–water partition coefficient (Wildman–Crippen LogP) is 8.76. The number of ether oxygens (including phenoxy) is 6.